The van der Waals surface area contributed by atoms with Crippen LogP contribution in [0.25, 0.3) is 22.2 Å². The van der Waals surface area contributed by atoms with Crippen molar-refractivity contribution in [2.45, 2.75) is 0 Å². The maximum Gasteiger partial charge on any atom is 0.0853 e. The van der Waals surface area contributed by atoms with Crippen LogP contribution >= 0.6 is 47.8 Å². The van der Waals surface area contributed by atoms with Gasteiger partial charge in [-0.05, 0) is 50.1 Å². The lowest BCUT2D eigenvalue weighted by molar-refractivity contribution is 1.37. The smallest absolute Gasteiger partial charge is 0.0853 e. The van der Waals surface area contributed by atoms with Crippen LogP contribution in [0.4, 0.5) is 0 Å². The minimum Gasteiger partial charge on any atom is -0.245 e. The van der Waals surface area contributed by atoms with Crippen molar-refractivity contribution >= 4 is 58.7 Å². The van der Waals surface area contributed by atoms with Crippen LogP contribution in [0.1, 0.15) is 0 Å². The number of nitrogens with zero attached hydrogens (tertiary/aromatic N) is 1. The summed E-state index contributed by atoms with van der Waals surface area (Å²) in [5, 5.41) is 1.09. The van der Waals surface area contributed by atoms with E-state index in [0.29, 0.717) is 0 Å². The van der Waals surface area contributed by atoms with Gasteiger partial charge >= 0.3 is 0 Å². The molecule has 0 aliphatic heterocycles. The predicted molar refractivity (Wildman–Crippen MR) is 90.3 cm³/mol. The monoisotopic (exact) mass is 439 g/mol. The van der Waals surface area contributed by atoms with Gasteiger partial charge in [-0.1, -0.05) is 46.3 Å². The van der Waals surface area contributed by atoms with Crippen molar-refractivity contribution in [3.05, 3.63) is 61.9 Å². The highest BCUT2D eigenvalue weighted by Crippen LogP contribution is 2.34. The van der Waals surface area contributed by atoms with Crippen molar-refractivity contribution in [2.24, 2.45) is 0 Å². The molecule has 19 heavy (non-hydrogen) atoms. The van der Waals surface area contributed by atoms with Gasteiger partial charge in [-0.25, -0.2) is 4.98 Å². The molecule has 0 spiro atoms. The molecule has 0 aliphatic rings. The van der Waals surface area contributed by atoms with Gasteiger partial charge in [0.05, 0.1) is 11.2 Å². The first-order chi connectivity index (χ1) is 9.15. The molecule has 0 amide bonds. The summed E-state index contributed by atoms with van der Waals surface area (Å²) < 4.78 is 3.02. The van der Waals surface area contributed by atoms with E-state index in [-0.39, 0.29) is 0 Å². The van der Waals surface area contributed by atoms with Gasteiger partial charge in [0.1, 0.15) is 0 Å². The van der Waals surface area contributed by atoms with Gasteiger partial charge < -0.3 is 0 Å². The Morgan fingerprint density at radius 2 is 1.53 bits per heavy atom. The summed E-state index contributed by atoms with van der Waals surface area (Å²) in [6.07, 6.45) is 0. The zero-order valence-corrected chi connectivity index (χ0v) is 14.5. The molecule has 0 atom stereocenters. The summed E-state index contributed by atoms with van der Waals surface area (Å²) in [5.74, 6) is 0. The molecule has 0 bridgehead atoms. The maximum absolute atomic E-state index is 4.77. The minimum atomic E-state index is 0.955. The number of hydrogen-bond acceptors (Lipinski definition) is 1. The molecule has 1 heterocycles. The molecule has 0 saturated carbocycles. The molecule has 94 valence electrons. The molecular weight excluding hydrogens is 434 g/mol. The first-order valence-electron chi connectivity index (χ1n) is 5.66. The zero-order chi connectivity index (χ0) is 13.4. The van der Waals surface area contributed by atoms with Crippen LogP contribution in [0.3, 0.4) is 0 Å². The third-order valence-corrected chi connectivity index (χ3v) is 4.50. The van der Waals surface area contributed by atoms with E-state index in [1.165, 1.54) is 0 Å². The Morgan fingerprint density at radius 3 is 2.26 bits per heavy atom. The molecule has 0 saturated heterocycles. The van der Waals surface area contributed by atoms with E-state index in [0.717, 1.165) is 35.6 Å². The Kier molecular flexibility index (Phi) is 3.74. The molecule has 0 fully saturated rings. The molecule has 1 nitrogen and oxygen atoms in total. The Balaban J connectivity index is 2.31. The van der Waals surface area contributed by atoms with Gasteiger partial charge in [-0.2, -0.15) is 0 Å². The fourth-order valence-electron chi connectivity index (χ4n) is 1.98. The van der Waals surface area contributed by atoms with Crippen LogP contribution in [0.5, 0.6) is 0 Å². The standard InChI is InChI=1S/C15H8Br3N/c16-11-6-10-7-12(17)14(9-4-2-1-3-5-9)19-15(10)13(18)8-11/h1-8H. The van der Waals surface area contributed by atoms with Crippen molar-refractivity contribution in [1.29, 1.82) is 0 Å². The van der Waals surface area contributed by atoms with Crippen LogP contribution in [-0.4, -0.2) is 4.98 Å². The minimum absolute atomic E-state index is 0.955. The summed E-state index contributed by atoms with van der Waals surface area (Å²) in [6, 6.07) is 16.3. The van der Waals surface area contributed by atoms with E-state index in [9.17, 15) is 0 Å². The lowest BCUT2D eigenvalue weighted by Gasteiger charge is -2.08. The number of halogens is 3. The van der Waals surface area contributed by atoms with E-state index in [4.69, 9.17) is 4.98 Å². The molecule has 3 aromatic rings. The Morgan fingerprint density at radius 1 is 0.789 bits per heavy atom. The molecular formula is C15H8Br3N. The number of pyridine rings is 1. The van der Waals surface area contributed by atoms with Crippen molar-refractivity contribution in [2.75, 3.05) is 0 Å². The zero-order valence-electron chi connectivity index (χ0n) is 9.70. The highest BCUT2D eigenvalue weighted by Gasteiger charge is 2.09. The van der Waals surface area contributed by atoms with Gasteiger partial charge in [0.15, 0.2) is 0 Å². The topological polar surface area (TPSA) is 12.9 Å². The van der Waals surface area contributed by atoms with Gasteiger partial charge in [0, 0.05) is 24.4 Å². The lowest BCUT2D eigenvalue weighted by atomic mass is 10.1. The van der Waals surface area contributed by atoms with E-state index in [1.807, 2.05) is 24.3 Å². The second kappa shape index (κ2) is 5.35. The average molecular weight is 442 g/mol. The van der Waals surface area contributed by atoms with E-state index in [2.05, 4.69) is 72.1 Å². The third-order valence-electron chi connectivity index (χ3n) is 2.84. The van der Waals surface area contributed by atoms with E-state index in [1.54, 1.807) is 0 Å². The summed E-state index contributed by atoms with van der Waals surface area (Å²) in [7, 11) is 0. The second-order valence-corrected chi connectivity index (χ2v) is 6.77. The Hall–Kier alpha value is -0.710. The molecule has 0 N–H and O–H groups in total. The second-order valence-electron chi connectivity index (χ2n) is 4.14. The van der Waals surface area contributed by atoms with Crippen molar-refractivity contribution in [3.8, 4) is 11.3 Å². The fraction of sp³-hybridized carbons (Fsp3) is 0. The quantitative estimate of drug-likeness (QED) is 0.438. The number of rotatable bonds is 1. The predicted octanol–water partition coefficient (Wildman–Crippen LogP) is 6.19. The molecule has 3 rings (SSSR count). The van der Waals surface area contributed by atoms with Crippen LogP contribution < -0.4 is 0 Å². The summed E-state index contributed by atoms with van der Waals surface area (Å²) >= 11 is 10.7. The number of benzene rings is 2. The van der Waals surface area contributed by atoms with Gasteiger partial charge in [-0.15, -0.1) is 0 Å². The van der Waals surface area contributed by atoms with Crippen molar-refractivity contribution in [3.63, 3.8) is 0 Å². The molecule has 0 aliphatic carbocycles. The van der Waals surface area contributed by atoms with Gasteiger partial charge in [0.2, 0.25) is 0 Å². The SMILES string of the molecule is Brc1cc(Br)c2nc(-c3ccccc3)c(Br)cc2c1. The van der Waals surface area contributed by atoms with Crippen molar-refractivity contribution in [1.82, 2.24) is 4.98 Å². The van der Waals surface area contributed by atoms with Crippen LogP contribution in [0.2, 0.25) is 0 Å². The largest absolute Gasteiger partial charge is 0.245 e. The highest BCUT2D eigenvalue weighted by atomic mass is 79.9. The summed E-state index contributed by atoms with van der Waals surface area (Å²) in [4.78, 5) is 4.77. The van der Waals surface area contributed by atoms with E-state index >= 15 is 0 Å². The van der Waals surface area contributed by atoms with Crippen LogP contribution in [0.15, 0.2) is 61.9 Å². The molecule has 2 aromatic carbocycles. The maximum atomic E-state index is 4.77. The molecule has 1 aromatic heterocycles. The first-order valence-corrected chi connectivity index (χ1v) is 8.04. The Labute approximate surface area is 136 Å². The van der Waals surface area contributed by atoms with Crippen molar-refractivity contribution < 1.29 is 0 Å². The highest BCUT2D eigenvalue weighted by molar-refractivity contribution is 9.11. The van der Waals surface area contributed by atoms with E-state index < -0.39 is 0 Å². The Bertz CT molecular complexity index is 754. The summed E-state index contributed by atoms with van der Waals surface area (Å²) in [5.41, 5.74) is 3.02. The number of aromatic nitrogens is 1. The van der Waals surface area contributed by atoms with Crippen LogP contribution in [0, 0.1) is 0 Å². The lowest BCUT2D eigenvalue weighted by Crippen LogP contribution is -1.88. The number of hydrogen-bond donors (Lipinski definition) is 0. The average Bonchev–Trinajstić information content (AvgIpc) is 2.38. The normalized spacial score (nSPS) is 10.9. The fourth-order valence-corrected chi connectivity index (χ4v) is 3.89. The molecule has 0 radical (unpaired) electrons. The molecule has 4 heteroatoms. The van der Waals surface area contributed by atoms with Gasteiger partial charge in [-0.3, -0.25) is 0 Å². The molecule has 0 unspecified atom stereocenters. The summed E-state index contributed by atoms with van der Waals surface area (Å²) in [6.45, 7) is 0. The third kappa shape index (κ3) is 2.62. The van der Waals surface area contributed by atoms with Crippen LogP contribution in [-0.2, 0) is 0 Å². The van der Waals surface area contributed by atoms with Gasteiger partial charge in [0.25, 0.3) is 0 Å². The first kappa shape index (κ1) is 13.3. The number of fused-ring (bicyclic) bond motifs is 1.